The monoisotopic (exact) mass is 425 g/mol. The first kappa shape index (κ1) is 18.8. The van der Waals surface area contributed by atoms with Crippen molar-refractivity contribution < 1.29 is 4.79 Å². The van der Waals surface area contributed by atoms with Gasteiger partial charge in [-0.25, -0.2) is 0 Å². The Labute approximate surface area is 177 Å². The Morgan fingerprint density at radius 3 is 2.86 bits per heavy atom. The van der Waals surface area contributed by atoms with Crippen LogP contribution >= 0.6 is 22.7 Å². The van der Waals surface area contributed by atoms with Crippen LogP contribution in [0.3, 0.4) is 0 Å². The van der Waals surface area contributed by atoms with E-state index in [0.717, 1.165) is 37.3 Å². The van der Waals surface area contributed by atoms with E-state index < -0.39 is 0 Å². The number of thiophene rings is 2. The fourth-order valence-corrected chi connectivity index (χ4v) is 6.06. The molecule has 0 saturated carbocycles. The Balaban J connectivity index is 1.34. The fraction of sp³-hybridized carbons (Fsp3) is 0.364. The van der Waals surface area contributed by atoms with Gasteiger partial charge in [0.1, 0.15) is 5.56 Å². The van der Waals surface area contributed by atoms with E-state index in [1.165, 1.54) is 4.88 Å². The van der Waals surface area contributed by atoms with E-state index in [1.807, 2.05) is 27.5 Å². The summed E-state index contributed by atoms with van der Waals surface area (Å²) in [4.78, 5) is 29.6. The number of aromatic nitrogens is 1. The fourth-order valence-electron chi connectivity index (χ4n) is 4.64. The van der Waals surface area contributed by atoms with E-state index in [4.69, 9.17) is 0 Å². The second-order valence-electron chi connectivity index (χ2n) is 7.97. The minimum absolute atomic E-state index is 0.147. The van der Waals surface area contributed by atoms with Crippen LogP contribution in [-0.2, 0) is 19.6 Å². The van der Waals surface area contributed by atoms with Crippen LogP contribution in [0.15, 0.2) is 51.3 Å². The molecule has 0 radical (unpaired) electrons. The van der Waals surface area contributed by atoms with Gasteiger partial charge in [0.15, 0.2) is 0 Å². The van der Waals surface area contributed by atoms with E-state index >= 15 is 0 Å². The summed E-state index contributed by atoms with van der Waals surface area (Å²) >= 11 is 3.40. The van der Waals surface area contributed by atoms with Gasteiger partial charge in [-0.3, -0.25) is 14.5 Å². The Morgan fingerprint density at radius 2 is 2.07 bits per heavy atom. The van der Waals surface area contributed by atoms with Gasteiger partial charge in [0.05, 0.1) is 0 Å². The highest BCUT2D eigenvalue weighted by Gasteiger charge is 2.35. The third-order valence-electron chi connectivity index (χ3n) is 5.92. The lowest BCUT2D eigenvalue weighted by molar-refractivity contribution is 0.0944. The topological polar surface area (TPSA) is 54.3 Å². The molecule has 5 nitrogen and oxygen atoms in total. The lowest BCUT2D eigenvalue weighted by atomic mass is 9.83. The van der Waals surface area contributed by atoms with Gasteiger partial charge < -0.3 is 9.88 Å². The molecule has 7 heteroatoms. The first-order valence-electron chi connectivity index (χ1n) is 9.95. The average molecular weight is 426 g/mol. The van der Waals surface area contributed by atoms with Crippen LogP contribution in [0.4, 0.5) is 0 Å². The van der Waals surface area contributed by atoms with Gasteiger partial charge in [-0.15, -0.1) is 11.3 Å². The summed E-state index contributed by atoms with van der Waals surface area (Å²) in [7, 11) is 0. The Bertz CT molecular complexity index is 1060. The highest BCUT2D eigenvalue weighted by Crippen LogP contribution is 2.35. The third-order valence-corrected chi connectivity index (χ3v) is 7.51. The number of hydrogen-bond acceptors (Lipinski definition) is 5. The molecular formula is C22H23N3O2S2. The summed E-state index contributed by atoms with van der Waals surface area (Å²) < 4.78 is 1.86. The second-order valence-corrected chi connectivity index (χ2v) is 9.79. The van der Waals surface area contributed by atoms with Gasteiger partial charge in [0.25, 0.3) is 11.5 Å². The molecule has 1 amide bonds. The summed E-state index contributed by atoms with van der Waals surface area (Å²) in [6, 6.07) is 9.99. The van der Waals surface area contributed by atoms with Crippen LogP contribution in [0.2, 0.25) is 0 Å². The van der Waals surface area contributed by atoms with Crippen LogP contribution in [0, 0.1) is 5.92 Å². The molecule has 2 bridgehead atoms. The van der Waals surface area contributed by atoms with Gasteiger partial charge in [-0.05, 0) is 58.3 Å². The zero-order valence-corrected chi connectivity index (χ0v) is 17.7. The van der Waals surface area contributed by atoms with Gasteiger partial charge in [-0.2, -0.15) is 11.3 Å². The number of rotatable bonds is 5. The second kappa shape index (κ2) is 7.89. The predicted octanol–water partition coefficient (Wildman–Crippen LogP) is 3.52. The molecule has 29 heavy (non-hydrogen) atoms. The largest absolute Gasteiger partial charge is 0.348 e. The van der Waals surface area contributed by atoms with Crippen LogP contribution in [0.1, 0.15) is 38.8 Å². The number of piperidine rings is 1. The highest BCUT2D eigenvalue weighted by atomic mass is 32.1. The van der Waals surface area contributed by atoms with Crippen molar-refractivity contribution in [2.24, 2.45) is 5.92 Å². The zero-order valence-electron chi connectivity index (χ0n) is 16.0. The molecular weight excluding hydrogens is 402 g/mol. The molecule has 2 atom stereocenters. The first-order chi connectivity index (χ1) is 14.2. The molecule has 150 valence electrons. The van der Waals surface area contributed by atoms with Gasteiger partial charge in [0.2, 0.25) is 0 Å². The molecule has 2 aliphatic heterocycles. The molecule has 1 saturated heterocycles. The molecule has 0 spiro atoms. The standard InChI is InChI=1S/C22H23N3O2S2/c26-21(23-9-15-5-7-28-14-15)19-3-4-20-17-8-16(11-25(20)22(19)27)10-24(12-17)13-18-2-1-6-29-18/h1-7,14,16-17H,8-13H2,(H,23,26)/t16-,17+/m0/s1. The van der Waals surface area contributed by atoms with Crippen molar-refractivity contribution in [3.8, 4) is 0 Å². The van der Waals surface area contributed by atoms with Crippen molar-refractivity contribution in [1.29, 1.82) is 0 Å². The van der Waals surface area contributed by atoms with Crippen molar-refractivity contribution in [3.63, 3.8) is 0 Å². The maximum Gasteiger partial charge on any atom is 0.263 e. The van der Waals surface area contributed by atoms with Crippen LogP contribution in [0.25, 0.3) is 0 Å². The van der Waals surface area contributed by atoms with Crippen molar-refractivity contribution in [3.05, 3.63) is 78.5 Å². The van der Waals surface area contributed by atoms with Gasteiger partial charge >= 0.3 is 0 Å². The van der Waals surface area contributed by atoms with E-state index in [2.05, 4.69) is 27.7 Å². The molecule has 2 aliphatic rings. The van der Waals surface area contributed by atoms with Gasteiger partial charge in [0, 0.05) is 49.2 Å². The summed E-state index contributed by atoms with van der Waals surface area (Å²) in [5, 5.41) is 8.99. The van der Waals surface area contributed by atoms with Crippen LogP contribution in [0.5, 0.6) is 0 Å². The number of fused-ring (bicyclic) bond motifs is 4. The number of nitrogens with one attached hydrogen (secondary N) is 1. The SMILES string of the molecule is O=C(NCc1ccsc1)c1ccc2n(c1=O)C[C@H]1C[C@@H]2CN(Cc2cccs2)C1. The van der Waals surface area contributed by atoms with Crippen LogP contribution in [-0.4, -0.2) is 28.5 Å². The molecule has 3 aromatic rings. The van der Waals surface area contributed by atoms with E-state index in [9.17, 15) is 9.59 Å². The molecule has 5 rings (SSSR count). The molecule has 1 N–H and O–H groups in total. The van der Waals surface area contributed by atoms with Crippen molar-refractivity contribution in [2.45, 2.75) is 32.0 Å². The van der Waals surface area contributed by atoms with Crippen molar-refractivity contribution in [2.75, 3.05) is 13.1 Å². The minimum atomic E-state index is -0.286. The third kappa shape index (κ3) is 3.82. The average Bonchev–Trinajstić information content (AvgIpc) is 3.41. The van der Waals surface area contributed by atoms with E-state index in [-0.39, 0.29) is 17.0 Å². The molecule has 1 fully saturated rings. The first-order valence-corrected chi connectivity index (χ1v) is 11.8. The maximum absolute atomic E-state index is 13.1. The van der Waals surface area contributed by atoms with E-state index in [0.29, 0.717) is 24.9 Å². The smallest absolute Gasteiger partial charge is 0.263 e. The van der Waals surface area contributed by atoms with Gasteiger partial charge in [-0.1, -0.05) is 6.07 Å². The zero-order chi connectivity index (χ0) is 19.8. The lowest BCUT2D eigenvalue weighted by Gasteiger charge is -2.42. The Hall–Kier alpha value is -2.22. The highest BCUT2D eigenvalue weighted by molar-refractivity contribution is 7.09. The summed E-state index contributed by atoms with van der Waals surface area (Å²) in [5.41, 5.74) is 2.24. The number of pyridine rings is 1. The molecule has 0 aromatic carbocycles. The number of amides is 1. The van der Waals surface area contributed by atoms with Crippen molar-refractivity contribution in [1.82, 2.24) is 14.8 Å². The molecule has 0 aliphatic carbocycles. The number of nitrogens with zero attached hydrogens (tertiary/aromatic N) is 2. The molecule has 3 aromatic heterocycles. The Morgan fingerprint density at radius 1 is 1.14 bits per heavy atom. The van der Waals surface area contributed by atoms with Crippen LogP contribution < -0.4 is 10.9 Å². The van der Waals surface area contributed by atoms with E-state index in [1.54, 1.807) is 28.7 Å². The number of hydrogen-bond donors (Lipinski definition) is 1. The maximum atomic E-state index is 13.1. The Kier molecular flexibility index (Phi) is 5.11. The number of likely N-dealkylation sites (tertiary alicyclic amines) is 1. The number of carbonyl (C=O) groups excluding carboxylic acids is 1. The molecule has 0 unspecified atom stereocenters. The molecule has 5 heterocycles. The summed E-state index contributed by atoms with van der Waals surface area (Å²) in [6.45, 7) is 4.12. The lowest BCUT2D eigenvalue weighted by Crippen LogP contribution is -2.47. The van der Waals surface area contributed by atoms with Crippen molar-refractivity contribution >= 4 is 28.6 Å². The quantitative estimate of drug-likeness (QED) is 0.681. The minimum Gasteiger partial charge on any atom is -0.348 e. The number of carbonyl (C=O) groups is 1. The predicted molar refractivity (Wildman–Crippen MR) is 117 cm³/mol. The normalized spacial score (nSPS) is 21.0. The summed E-state index contributed by atoms with van der Waals surface area (Å²) in [6.07, 6.45) is 1.13. The summed E-state index contributed by atoms with van der Waals surface area (Å²) in [5.74, 6) is 0.535.